The summed E-state index contributed by atoms with van der Waals surface area (Å²) in [5, 5.41) is 4.31. The summed E-state index contributed by atoms with van der Waals surface area (Å²) in [5.41, 5.74) is 0. The van der Waals surface area contributed by atoms with Crippen molar-refractivity contribution < 1.29 is 4.74 Å². The van der Waals surface area contributed by atoms with Gasteiger partial charge in [-0.05, 0) is 25.1 Å². The molecule has 3 heteroatoms. The SMILES string of the molecule is C1CNC2CCOCC2SC1. The molecule has 2 heterocycles. The van der Waals surface area contributed by atoms with Crippen molar-refractivity contribution in [3.05, 3.63) is 0 Å². The third-order valence-electron chi connectivity index (χ3n) is 2.36. The van der Waals surface area contributed by atoms with Gasteiger partial charge in [-0.3, -0.25) is 0 Å². The van der Waals surface area contributed by atoms with Crippen molar-refractivity contribution in [2.24, 2.45) is 0 Å². The standard InChI is InChI=1S/C8H15NOS/c1-3-9-7-2-4-10-6-8(7)11-5-1/h7-9H,1-6H2. The number of thioether (sulfide) groups is 1. The van der Waals surface area contributed by atoms with Gasteiger partial charge in [-0.1, -0.05) is 0 Å². The second-order valence-corrected chi connectivity index (χ2v) is 4.53. The van der Waals surface area contributed by atoms with E-state index in [1.165, 1.54) is 25.1 Å². The van der Waals surface area contributed by atoms with Crippen LogP contribution in [0.15, 0.2) is 0 Å². The summed E-state index contributed by atoms with van der Waals surface area (Å²) in [7, 11) is 0. The average Bonchev–Trinajstić information content (AvgIpc) is 2.28. The third kappa shape index (κ3) is 1.89. The number of rotatable bonds is 0. The van der Waals surface area contributed by atoms with Gasteiger partial charge in [0.15, 0.2) is 0 Å². The Bertz CT molecular complexity index is 117. The normalized spacial score (nSPS) is 39.3. The van der Waals surface area contributed by atoms with Crippen LogP contribution in [0.4, 0.5) is 0 Å². The van der Waals surface area contributed by atoms with Crippen LogP contribution in [0.2, 0.25) is 0 Å². The summed E-state index contributed by atoms with van der Waals surface area (Å²) < 4.78 is 5.43. The van der Waals surface area contributed by atoms with Crippen LogP contribution in [0.5, 0.6) is 0 Å². The van der Waals surface area contributed by atoms with Gasteiger partial charge >= 0.3 is 0 Å². The number of fused-ring (bicyclic) bond motifs is 1. The van der Waals surface area contributed by atoms with Crippen LogP contribution in [-0.2, 0) is 4.74 Å². The summed E-state index contributed by atoms with van der Waals surface area (Å²) >= 11 is 2.08. The summed E-state index contributed by atoms with van der Waals surface area (Å²) in [6, 6.07) is 0.733. The molecule has 2 unspecified atom stereocenters. The molecule has 0 aromatic heterocycles. The molecule has 2 atom stereocenters. The predicted molar refractivity (Wildman–Crippen MR) is 48.1 cm³/mol. The first-order chi connectivity index (χ1) is 5.47. The molecule has 2 rings (SSSR count). The second kappa shape index (κ2) is 3.78. The fraction of sp³-hybridized carbons (Fsp3) is 1.00. The van der Waals surface area contributed by atoms with Crippen molar-refractivity contribution in [3.63, 3.8) is 0 Å². The van der Waals surface area contributed by atoms with Gasteiger partial charge in [0.2, 0.25) is 0 Å². The molecule has 2 nitrogen and oxygen atoms in total. The molecule has 2 aliphatic heterocycles. The molecule has 2 fully saturated rings. The van der Waals surface area contributed by atoms with Gasteiger partial charge in [0.1, 0.15) is 0 Å². The lowest BCUT2D eigenvalue weighted by Crippen LogP contribution is -2.43. The molecule has 0 aromatic carbocycles. The molecule has 0 radical (unpaired) electrons. The van der Waals surface area contributed by atoms with Gasteiger partial charge in [0.25, 0.3) is 0 Å². The molecular formula is C8H15NOS. The number of ether oxygens (including phenoxy) is 1. The highest BCUT2D eigenvalue weighted by molar-refractivity contribution is 8.00. The van der Waals surface area contributed by atoms with Gasteiger partial charge < -0.3 is 10.1 Å². The molecule has 0 bridgehead atoms. The minimum absolute atomic E-state index is 0.728. The zero-order valence-corrected chi connectivity index (χ0v) is 7.53. The van der Waals surface area contributed by atoms with Crippen LogP contribution in [0.1, 0.15) is 12.8 Å². The largest absolute Gasteiger partial charge is 0.380 e. The first kappa shape index (κ1) is 7.90. The summed E-state index contributed by atoms with van der Waals surface area (Å²) in [5.74, 6) is 1.30. The maximum absolute atomic E-state index is 5.43. The molecule has 0 aromatic rings. The van der Waals surface area contributed by atoms with Crippen molar-refractivity contribution in [2.75, 3.05) is 25.5 Å². The molecule has 0 aliphatic carbocycles. The van der Waals surface area contributed by atoms with Crippen molar-refractivity contribution in [3.8, 4) is 0 Å². The van der Waals surface area contributed by atoms with Crippen LogP contribution in [0.3, 0.4) is 0 Å². The Labute approximate surface area is 72.1 Å². The highest BCUT2D eigenvalue weighted by atomic mass is 32.2. The Morgan fingerprint density at radius 1 is 1.45 bits per heavy atom. The van der Waals surface area contributed by atoms with E-state index in [1.54, 1.807) is 0 Å². The molecular weight excluding hydrogens is 158 g/mol. The lowest BCUT2D eigenvalue weighted by atomic mass is 10.1. The maximum Gasteiger partial charge on any atom is 0.0600 e. The van der Waals surface area contributed by atoms with E-state index in [1.807, 2.05) is 0 Å². The van der Waals surface area contributed by atoms with E-state index in [-0.39, 0.29) is 0 Å². The molecule has 11 heavy (non-hydrogen) atoms. The number of hydrogen-bond acceptors (Lipinski definition) is 3. The Morgan fingerprint density at radius 3 is 3.45 bits per heavy atom. The smallest absolute Gasteiger partial charge is 0.0600 e. The fourth-order valence-corrected chi connectivity index (χ4v) is 2.97. The molecule has 64 valence electrons. The number of nitrogens with one attached hydrogen (secondary N) is 1. The Balaban J connectivity index is 1.93. The van der Waals surface area contributed by atoms with E-state index >= 15 is 0 Å². The van der Waals surface area contributed by atoms with E-state index < -0.39 is 0 Å². The summed E-state index contributed by atoms with van der Waals surface area (Å²) in [4.78, 5) is 0. The summed E-state index contributed by atoms with van der Waals surface area (Å²) in [6.07, 6.45) is 2.52. The summed E-state index contributed by atoms with van der Waals surface area (Å²) in [6.45, 7) is 3.12. The fourth-order valence-electron chi connectivity index (χ4n) is 1.70. The van der Waals surface area contributed by atoms with Gasteiger partial charge in [0, 0.05) is 17.9 Å². The minimum atomic E-state index is 0.728. The lowest BCUT2D eigenvalue weighted by Gasteiger charge is -2.29. The first-order valence-electron chi connectivity index (χ1n) is 4.39. The van der Waals surface area contributed by atoms with Gasteiger partial charge in [-0.25, -0.2) is 0 Å². The van der Waals surface area contributed by atoms with Crippen molar-refractivity contribution in [2.45, 2.75) is 24.1 Å². The molecule has 1 N–H and O–H groups in total. The van der Waals surface area contributed by atoms with Crippen molar-refractivity contribution in [1.29, 1.82) is 0 Å². The average molecular weight is 173 g/mol. The third-order valence-corrected chi connectivity index (χ3v) is 3.78. The molecule has 0 amide bonds. The van der Waals surface area contributed by atoms with E-state index in [0.29, 0.717) is 0 Å². The van der Waals surface area contributed by atoms with E-state index in [2.05, 4.69) is 17.1 Å². The quantitative estimate of drug-likeness (QED) is 0.587. The zero-order chi connectivity index (χ0) is 7.52. The lowest BCUT2D eigenvalue weighted by molar-refractivity contribution is 0.0842. The second-order valence-electron chi connectivity index (χ2n) is 3.19. The predicted octanol–water partition coefficient (Wildman–Crippen LogP) is 0.870. The van der Waals surface area contributed by atoms with Crippen LogP contribution >= 0.6 is 11.8 Å². The first-order valence-corrected chi connectivity index (χ1v) is 5.44. The van der Waals surface area contributed by atoms with Crippen molar-refractivity contribution >= 4 is 11.8 Å². The topological polar surface area (TPSA) is 21.3 Å². The van der Waals surface area contributed by atoms with Gasteiger partial charge in [-0.15, -0.1) is 0 Å². The zero-order valence-electron chi connectivity index (χ0n) is 6.71. The van der Waals surface area contributed by atoms with Gasteiger partial charge in [0.05, 0.1) is 6.61 Å². The number of hydrogen-bond donors (Lipinski definition) is 1. The molecule has 2 saturated heterocycles. The molecule has 2 aliphatic rings. The highest BCUT2D eigenvalue weighted by Gasteiger charge is 2.26. The molecule has 0 saturated carbocycles. The molecule has 0 spiro atoms. The van der Waals surface area contributed by atoms with E-state index in [0.717, 1.165) is 24.5 Å². The van der Waals surface area contributed by atoms with Gasteiger partial charge in [-0.2, -0.15) is 11.8 Å². The van der Waals surface area contributed by atoms with Crippen LogP contribution in [0, 0.1) is 0 Å². The highest BCUT2D eigenvalue weighted by Crippen LogP contribution is 2.24. The van der Waals surface area contributed by atoms with E-state index in [4.69, 9.17) is 4.74 Å². The van der Waals surface area contributed by atoms with Crippen LogP contribution < -0.4 is 5.32 Å². The maximum atomic E-state index is 5.43. The Kier molecular flexibility index (Phi) is 2.72. The van der Waals surface area contributed by atoms with Crippen LogP contribution in [0.25, 0.3) is 0 Å². The monoisotopic (exact) mass is 173 g/mol. The Morgan fingerprint density at radius 2 is 2.45 bits per heavy atom. The minimum Gasteiger partial charge on any atom is -0.380 e. The van der Waals surface area contributed by atoms with Crippen molar-refractivity contribution in [1.82, 2.24) is 5.32 Å². The van der Waals surface area contributed by atoms with Crippen LogP contribution in [-0.4, -0.2) is 36.8 Å². The van der Waals surface area contributed by atoms with E-state index in [9.17, 15) is 0 Å². The Hall–Kier alpha value is 0.270.